The molecule has 0 unspecified atom stereocenters. The Morgan fingerprint density at radius 2 is 1.82 bits per heavy atom. The maximum absolute atomic E-state index is 13.5. The second kappa shape index (κ2) is 11.0. The number of hydrogen-bond donors (Lipinski definition) is 2. The monoisotopic (exact) mass is 518 g/mol. The summed E-state index contributed by atoms with van der Waals surface area (Å²) in [6, 6.07) is 18.4. The van der Waals surface area contributed by atoms with Crippen molar-refractivity contribution in [3.8, 4) is 22.4 Å². The smallest absolute Gasteiger partial charge is 0.158 e. The predicted molar refractivity (Wildman–Crippen MR) is 157 cm³/mol. The number of aromatic amines is 1. The number of hydrogen-bond acceptors (Lipinski definition) is 5. The molecular weight excluding hydrogens is 487 g/mol. The number of pyridine rings is 2. The van der Waals surface area contributed by atoms with E-state index in [9.17, 15) is 4.39 Å². The lowest BCUT2D eigenvalue weighted by Crippen LogP contribution is -2.11. The van der Waals surface area contributed by atoms with Crippen LogP contribution in [0.3, 0.4) is 0 Å². The highest BCUT2D eigenvalue weighted by molar-refractivity contribution is 6.12. The van der Waals surface area contributed by atoms with Gasteiger partial charge in [-0.1, -0.05) is 50.8 Å². The molecular formula is C32H31FN6. The predicted octanol–water partition coefficient (Wildman–Crippen LogP) is 7.57. The Labute approximate surface area is 227 Å². The summed E-state index contributed by atoms with van der Waals surface area (Å²) < 4.78 is 13.5. The van der Waals surface area contributed by atoms with Crippen molar-refractivity contribution in [3.05, 3.63) is 108 Å². The van der Waals surface area contributed by atoms with Crippen molar-refractivity contribution in [2.45, 2.75) is 27.7 Å². The number of fused-ring (bicyclic) bond motifs is 1. The number of allylic oxidation sites excluding steroid dienone is 1. The third-order valence-corrected chi connectivity index (χ3v) is 6.57. The van der Waals surface area contributed by atoms with Crippen LogP contribution in [0.1, 0.15) is 37.9 Å². The molecule has 0 amide bonds. The molecule has 0 aliphatic carbocycles. The molecule has 0 bridgehead atoms. The number of aliphatic imine (C=N–C) groups is 1. The number of nitrogens with zero attached hydrogens (tertiary/aromatic N) is 4. The minimum Gasteiger partial charge on any atom is -0.358 e. The van der Waals surface area contributed by atoms with E-state index in [4.69, 9.17) is 15.0 Å². The average Bonchev–Trinajstić information content (AvgIpc) is 3.37. The van der Waals surface area contributed by atoms with Crippen molar-refractivity contribution < 1.29 is 4.39 Å². The van der Waals surface area contributed by atoms with Crippen LogP contribution in [0.15, 0.2) is 90.3 Å². The molecule has 0 fully saturated rings. The first-order valence-electron chi connectivity index (χ1n) is 13.0. The van der Waals surface area contributed by atoms with Crippen LogP contribution >= 0.6 is 0 Å². The molecule has 7 heteroatoms. The molecule has 5 aromatic rings. The van der Waals surface area contributed by atoms with Crippen LogP contribution in [0, 0.1) is 18.7 Å². The largest absolute Gasteiger partial charge is 0.358 e. The van der Waals surface area contributed by atoms with E-state index < -0.39 is 0 Å². The van der Waals surface area contributed by atoms with Gasteiger partial charge in [-0.3, -0.25) is 9.98 Å². The van der Waals surface area contributed by atoms with Crippen LogP contribution in [0.4, 0.5) is 10.1 Å². The first-order chi connectivity index (χ1) is 18.8. The number of imidazole rings is 1. The van der Waals surface area contributed by atoms with Crippen molar-refractivity contribution in [2.24, 2.45) is 10.9 Å². The lowest BCUT2D eigenvalue weighted by Gasteiger charge is -2.14. The van der Waals surface area contributed by atoms with Crippen LogP contribution in [0.5, 0.6) is 0 Å². The Morgan fingerprint density at radius 1 is 1.03 bits per heavy atom. The SMILES string of the molecule is C=C(Nc1cncc(-c2ccc(C)c(C(=NCC)c3nc4c(-c5ccc(F)cc5)cccc4[nH]3)n2)c1)C(C)C. The van der Waals surface area contributed by atoms with Crippen LogP contribution in [-0.4, -0.2) is 32.2 Å². The van der Waals surface area contributed by atoms with E-state index in [0.717, 1.165) is 56.1 Å². The zero-order chi connectivity index (χ0) is 27.5. The van der Waals surface area contributed by atoms with Crippen LogP contribution < -0.4 is 5.32 Å². The van der Waals surface area contributed by atoms with Gasteiger partial charge in [-0.2, -0.15) is 0 Å². The summed E-state index contributed by atoms with van der Waals surface area (Å²) in [4.78, 5) is 22.7. The fraction of sp³-hybridized carbons (Fsp3) is 0.188. The first-order valence-corrected chi connectivity index (χ1v) is 13.0. The van der Waals surface area contributed by atoms with Gasteiger partial charge in [-0.15, -0.1) is 0 Å². The van der Waals surface area contributed by atoms with E-state index in [1.165, 1.54) is 12.1 Å². The molecule has 0 aliphatic heterocycles. The maximum Gasteiger partial charge on any atom is 0.158 e. The summed E-state index contributed by atoms with van der Waals surface area (Å²) in [6.45, 7) is 12.9. The number of aromatic nitrogens is 4. The highest BCUT2D eigenvalue weighted by Crippen LogP contribution is 2.29. The Bertz CT molecular complexity index is 1680. The summed E-state index contributed by atoms with van der Waals surface area (Å²) in [5.74, 6) is 0.669. The van der Waals surface area contributed by atoms with Gasteiger partial charge in [0.15, 0.2) is 5.82 Å². The molecule has 0 atom stereocenters. The summed E-state index contributed by atoms with van der Waals surface area (Å²) >= 11 is 0. The quantitative estimate of drug-likeness (QED) is 0.208. The minimum absolute atomic E-state index is 0.270. The lowest BCUT2D eigenvalue weighted by atomic mass is 10.0. The number of aryl methyl sites for hydroxylation is 1. The molecule has 0 spiro atoms. The van der Waals surface area contributed by atoms with Gasteiger partial charge in [0.25, 0.3) is 0 Å². The molecule has 0 radical (unpaired) electrons. The van der Waals surface area contributed by atoms with Gasteiger partial charge in [-0.05, 0) is 61.2 Å². The molecule has 0 saturated heterocycles. The fourth-order valence-corrected chi connectivity index (χ4v) is 4.33. The van der Waals surface area contributed by atoms with Gasteiger partial charge in [0, 0.05) is 29.6 Å². The Kier molecular flexibility index (Phi) is 7.32. The molecule has 2 N–H and O–H groups in total. The summed E-state index contributed by atoms with van der Waals surface area (Å²) in [7, 11) is 0. The van der Waals surface area contributed by atoms with E-state index in [1.807, 2.05) is 50.2 Å². The highest BCUT2D eigenvalue weighted by atomic mass is 19.1. The highest BCUT2D eigenvalue weighted by Gasteiger charge is 2.18. The zero-order valence-electron chi connectivity index (χ0n) is 22.6. The molecule has 0 saturated carbocycles. The van der Waals surface area contributed by atoms with Gasteiger partial charge in [-0.25, -0.2) is 14.4 Å². The van der Waals surface area contributed by atoms with Crippen molar-refractivity contribution in [3.63, 3.8) is 0 Å². The third-order valence-electron chi connectivity index (χ3n) is 6.57. The molecule has 0 aliphatic rings. The molecule has 5 rings (SSSR count). The van der Waals surface area contributed by atoms with Gasteiger partial charge in [0.05, 0.1) is 34.3 Å². The van der Waals surface area contributed by atoms with Crippen molar-refractivity contribution >= 4 is 22.4 Å². The van der Waals surface area contributed by atoms with E-state index in [-0.39, 0.29) is 5.82 Å². The number of anilines is 1. The molecule has 2 aromatic carbocycles. The minimum atomic E-state index is -0.270. The number of rotatable bonds is 8. The topological polar surface area (TPSA) is 78.9 Å². The summed E-state index contributed by atoms with van der Waals surface area (Å²) in [5, 5.41) is 3.34. The maximum atomic E-state index is 13.5. The van der Waals surface area contributed by atoms with E-state index >= 15 is 0 Å². The Morgan fingerprint density at radius 3 is 2.56 bits per heavy atom. The van der Waals surface area contributed by atoms with Gasteiger partial charge < -0.3 is 10.3 Å². The second-order valence-corrected chi connectivity index (χ2v) is 9.75. The standard InChI is InChI=1S/C32H31FN6/c1-6-35-31(32-38-28-9-7-8-26(30(28)39-32)22-11-13-24(33)14-12-22)29-20(4)10-15-27(37-29)23-16-25(18-34-17-23)36-21(5)19(2)3/h7-19,36H,5-6H2,1-4H3,(H,38,39). The molecule has 3 heterocycles. The number of para-hydroxylation sites is 1. The van der Waals surface area contributed by atoms with E-state index in [1.54, 1.807) is 24.5 Å². The molecule has 6 nitrogen and oxygen atoms in total. The number of halogens is 1. The fourth-order valence-electron chi connectivity index (χ4n) is 4.33. The van der Waals surface area contributed by atoms with Crippen LogP contribution in [-0.2, 0) is 0 Å². The molecule has 196 valence electrons. The lowest BCUT2D eigenvalue weighted by molar-refractivity contribution is 0.628. The Balaban J connectivity index is 1.56. The van der Waals surface area contributed by atoms with Crippen molar-refractivity contribution in [1.82, 2.24) is 19.9 Å². The summed E-state index contributed by atoms with van der Waals surface area (Å²) in [5.41, 5.74) is 9.37. The van der Waals surface area contributed by atoms with Crippen LogP contribution in [0.25, 0.3) is 33.4 Å². The third kappa shape index (κ3) is 5.48. The number of H-pyrrole nitrogens is 1. The molecule has 3 aromatic heterocycles. The van der Waals surface area contributed by atoms with Gasteiger partial charge in [0.1, 0.15) is 11.5 Å². The summed E-state index contributed by atoms with van der Waals surface area (Å²) in [6.07, 6.45) is 3.58. The number of benzene rings is 2. The van der Waals surface area contributed by atoms with Crippen LogP contribution in [0.2, 0.25) is 0 Å². The zero-order valence-corrected chi connectivity index (χ0v) is 22.6. The van der Waals surface area contributed by atoms with Crippen molar-refractivity contribution in [1.29, 1.82) is 0 Å². The van der Waals surface area contributed by atoms with Gasteiger partial charge in [0.2, 0.25) is 0 Å². The van der Waals surface area contributed by atoms with Crippen molar-refractivity contribution in [2.75, 3.05) is 11.9 Å². The number of nitrogens with one attached hydrogen (secondary N) is 2. The van der Waals surface area contributed by atoms with E-state index in [0.29, 0.717) is 24.0 Å². The molecule has 39 heavy (non-hydrogen) atoms. The van der Waals surface area contributed by atoms with Gasteiger partial charge >= 0.3 is 0 Å². The average molecular weight is 519 g/mol. The first kappa shape index (κ1) is 26.0. The Hall–Kier alpha value is -4.65. The normalized spacial score (nSPS) is 11.8. The van der Waals surface area contributed by atoms with E-state index in [2.05, 4.69) is 35.7 Å². The second-order valence-electron chi connectivity index (χ2n) is 9.75.